The van der Waals surface area contributed by atoms with Crippen LogP contribution in [0.2, 0.25) is 0 Å². The van der Waals surface area contributed by atoms with E-state index < -0.39 is 41.9 Å². The van der Waals surface area contributed by atoms with Crippen molar-refractivity contribution in [3.63, 3.8) is 0 Å². The predicted octanol–water partition coefficient (Wildman–Crippen LogP) is 2.81. The largest absolute Gasteiger partial charge is 0.493 e. The number of aliphatic hydroxyl groups excluding tert-OH is 3. The van der Waals surface area contributed by atoms with Gasteiger partial charge in [-0.2, -0.15) is 13.2 Å². The molecule has 200 valence electrons. The van der Waals surface area contributed by atoms with Crippen molar-refractivity contribution in [2.45, 2.75) is 38.1 Å². The first-order valence-corrected chi connectivity index (χ1v) is 11.6. The summed E-state index contributed by atoms with van der Waals surface area (Å²) < 4.78 is 49.3. The van der Waals surface area contributed by atoms with Crippen LogP contribution < -0.4 is 9.47 Å². The second-order valence-electron chi connectivity index (χ2n) is 9.23. The molecule has 10 heteroatoms. The molecular formula is C27H30F3NO6. The fourth-order valence-electron chi connectivity index (χ4n) is 4.40. The molecule has 0 unspecified atom stereocenters. The van der Waals surface area contributed by atoms with E-state index in [1.54, 1.807) is 25.1 Å². The van der Waals surface area contributed by atoms with Crippen LogP contribution in [0, 0.1) is 17.3 Å². The van der Waals surface area contributed by atoms with E-state index in [1.165, 1.54) is 24.1 Å². The van der Waals surface area contributed by atoms with Crippen LogP contribution in [0.15, 0.2) is 42.5 Å². The average Bonchev–Trinajstić information content (AvgIpc) is 3.24. The van der Waals surface area contributed by atoms with Gasteiger partial charge in [0.2, 0.25) is 0 Å². The van der Waals surface area contributed by atoms with E-state index in [1.807, 2.05) is 6.92 Å². The van der Waals surface area contributed by atoms with E-state index in [-0.39, 0.29) is 25.6 Å². The lowest BCUT2D eigenvalue weighted by Gasteiger charge is -2.34. The maximum atomic E-state index is 12.7. The highest BCUT2D eigenvalue weighted by Crippen LogP contribution is 2.47. The molecule has 0 radical (unpaired) electrons. The van der Waals surface area contributed by atoms with Gasteiger partial charge < -0.3 is 29.7 Å². The number of likely N-dealkylation sites (tertiary alicyclic amines) is 1. The highest BCUT2D eigenvalue weighted by Gasteiger charge is 2.49. The van der Waals surface area contributed by atoms with Crippen LogP contribution >= 0.6 is 0 Å². The minimum Gasteiger partial charge on any atom is -0.493 e. The maximum absolute atomic E-state index is 12.7. The third kappa shape index (κ3) is 6.36. The number of halogens is 3. The molecule has 3 rings (SSSR count). The molecule has 3 N–H and O–H groups in total. The van der Waals surface area contributed by atoms with E-state index in [2.05, 4.69) is 11.8 Å². The molecule has 4 atom stereocenters. The van der Waals surface area contributed by atoms with E-state index in [0.29, 0.717) is 17.1 Å². The Kier molecular flexibility index (Phi) is 8.74. The van der Waals surface area contributed by atoms with Crippen molar-refractivity contribution in [2.75, 3.05) is 33.4 Å². The number of carbonyl (C=O) groups excluding carboxylic acids is 1. The highest BCUT2D eigenvalue weighted by atomic mass is 19.4. The van der Waals surface area contributed by atoms with Gasteiger partial charge in [0.25, 0.3) is 5.91 Å². The summed E-state index contributed by atoms with van der Waals surface area (Å²) in [6.07, 6.45) is -6.74. The Morgan fingerprint density at radius 2 is 1.86 bits per heavy atom. The fourth-order valence-corrected chi connectivity index (χ4v) is 4.40. The molecule has 2 aromatic rings. The van der Waals surface area contributed by atoms with Crippen molar-refractivity contribution in [1.29, 1.82) is 0 Å². The van der Waals surface area contributed by atoms with Crippen molar-refractivity contribution in [1.82, 2.24) is 4.90 Å². The number of rotatable bonds is 7. The Morgan fingerprint density at radius 3 is 2.43 bits per heavy atom. The van der Waals surface area contributed by atoms with E-state index in [4.69, 9.17) is 14.6 Å². The van der Waals surface area contributed by atoms with Crippen molar-refractivity contribution >= 4 is 5.91 Å². The van der Waals surface area contributed by atoms with E-state index >= 15 is 0 Å². The molecule has 0 aromatic heterocycles. The summed E-state index contributed by atoms with van der Waals surface area (Å²) in [5.74, 6) is 5.41. The first-order valence-electron chi connectivity index (χ1n) is 11.6. The molecule has 1 fully saturated rings. The molecule has 1 amide bonds. The van der Waals surface area contributed by atoms with Gasteiger partial charge in [-0.1, -0.05) is 24.8 Å². The Morgan fingerprint density at radius 1 is 1.19 bits per heavy atom. The predicted molar refractivity (Wildman–Crippen MR) is 129 cm³/mol. The third-order valence-corrected chi connectivity index (χ3v) is 6.79. The number of amides is 1. The lowest BCUT2D eigenvalue weighted by Crippen LogP contribution is -2.42. The first-order chi connectivity index (χ1) is 17.4. The summed E-state index contributed by atoms with van der Waals surface area (Å²) in [5.41, 5.74) is -0.313. The van der Waals surface area contributed by atoms with Gasteiger partial charge in [0.1, 0.15) is 6.61 Å². The van der Waals surface area contributed by atoms with Gasteiger partial charge in [-0.25, -0.2) is 0 Å². The Labute approximate surface area is 213 Å². The molecule has 1 aliphatic heterocycles. The van der Waals surface area contributed by atoms with E-state index in [0.717, 1.165) is 17.7 Å². The van der Waals surface area contributed by atoms with Crippen molar-refractivity contribution in [3.05, 3.63) is 59.2 Å². The van der Waals surface area contributed by atoms with Crippen LogP contribution in [0.1, 0.15) is 36.5 Å². The summed E-state index contributed by atoms with van der Waals surface area (Å²) in [5, 5.41) is 29.5. The van der Waals surface area contributed by atoms with Gasteiger partial charge >= 0.3 is 6.18 Å². The van der Waals surface area contributed by atoms with Gasteiger partial charge in [0.05, 0.1) is 25.4 Å². The third-order valence-electron chi connectivity index (χ3n) is 6.79. The molecule has 0 bridgehead atoms. The standard InChI is InChI=1S/C27H30F3NO6/c1-17(33)26(2)16-31(25(35)22(34)15-32)14-21(26)19-8-11-23(36-3)24(13-19)37-12-4-5-18-6-9-20(10-7-18)27(28,29)30/h6-11,13,17,21-22,32-34H,12,14-16H2,1-3H3/t17-,21+,22+,26+/m1/s1. The van der Waals surface area contributed by atoms with Crippen LogP contribution in [0.3, 0.4) is 0 Å². The van der Waals surface area contributed by atoms with Crippen molar-refractivity contribution in [3.8, 4) is 23.3 Å². The Hall–Kier alpha value is -3.26. The number of ether oxygens (including phenoxy) is 2. The lowest BCUT2D eigenvalue weighted by molar-refractivity contribution is -0.141. The molecule has 1 heterocycles. The molecule has 0 saturated carbocycles. The van der Waals surface area contributed by atoms with Crippen LogP contribution in [-0.2, 0) is 11.0 Å². The summed E-state index contributed by atoms with van der Waals surface area (Å²) in [7, 11) is 1.47. The van der Waals surface area contributed by atoms with Gasteiger partial charge in [0.15, 0.2) is 17.6 Å². The zero-order valence-electron chi connectivity index (χ0n) is 20.7. The number of aliphatic hydroxyl groups is 3. The van der Waals surface area contributed by atoms with E-state index in [9.17, 15) is 28.2 Å². The van der Waals surface area contributed by atoms with Crippen molar-refractivity contribution in [2.24, 2.45) is 5.41 Å². The molecule has 0 aliphatic carbocycles. The SMILES string of the molecule is COc1ccc([C@@H]2CN(C(=O)[C@@H](O)CO)C[C@@]2(C)[C@@H](C)O)cc1OCC#Cc1ccc(C(F)(F)F)cc1. The molecule has 1 aliphatic rings. The summed E-state index contributed by atoms with van der Waals surface area (Å²) in [6, 6.07) is 9.74. The minimum absolute atomic E-state index is 0.0630. The number of nitrogens with zero attached hydrogens (tertiary/aromatic N) is 1. The van der Waals surface area contributed by atoms with Gasteiger partial charge in [-0.3, -0.25) is 4.79 Å². The molecule has 0 spiro atoms. The quantitative estimate of drug-likeness (QED) is 0.485. The zero-order valence-corrected chi connectivity index (χ0v) is 20.7. The molecule has 1 saturated heterocycles. The van der Waals surface area contributed by atoms with Crippen LogP contribution in [0.5, 0.6) is 11.5 Å². The highest BCUT2D eigenvalue weighted by molar-refractivity contribution is 5.81. The number of hydrogen-bond donors (Lipinski definition) is 3. The normalized spacial score (nSPS) is 21.1. The Bertz CT molecular complexity index is 1160. The Balaban J connectivity index is 1.79. The van der Waals surface area contributed by atoms with Gasteiger partial charge in [0, 0.05) is 30.0 Å². The smallest absolute Gasteiger partial charge is 0.416 e. The lowest BCUT2D eigenvalue weighted by atomic mass is 9.72. The maximum Gasteiger partial charge on any atom is 0.416 e. The van der Waals surface area contributed by atoms with Crippen molar-refractivity contribution < 1.29 is 42.8 Å². The second-order valence-corrected chi connectivity index (χ2v) is 9.23. The molecule has 7 nitrogen and oxygen atoms in total. The number of carbonyl (C=O) groups is 1. The summed E-state index contributed by atoms with van der Waals surface area (Å²) in [6.45, 7) is 3.14. The second kappa shape index (κ2) is 11.4. The number of hydrogen-bond acceptors (Lipinski definition) is 6. The average molecular weight is 522 g/mol. The molecule has 37 heavy (non-hydrogen) atoms. The van der Waals surface area contributed by atoms with Crippen LogP contribution in [0.25, 0.3) is 0 Å². The number of benzene rings is 2. The van der Waals surface area contributed by atoms with Crippen LogP contribution in [0.4, 0.5) is 13.2 Å². The van der Waals surface area contributed by atoms with Gasteiger partial charge in [-0.05, 0) is 48.9 Å². The summed E-state index contributed by atoms with van der Waals surface area (Å²) in [4.78, 5) is 13.9. The minimum atomic E-state index is -4.41. The van der Waals surface area contributed by atoms with Crippen LogP contribution in [-0.4, -0.2) is 71.7 Å². The number of alkyl halides is 3. The molecular weight excluding hydrogens is 491 g/mol. The summed E-state index contributed by atoms with van der Waals surface area (Å²) >= 11 is 0. The van der Waals surface area contributed by atoms with Gasteiger partial charge in [-0.15, -0.1) is 0 Å². The number of methoxy groups -OCH3 is 1. The monoisotopic (exact) mass is 521 g/mol. The first kappa shape index (κ1) is 28.3. The zero-order chi connectivity index (χ0) is 27.4. The fraction of sp³-hybridized carbons (Fsp3) is 0.444. The topological polar surface area (TPSA) is 99.5 Å². The molecule has 2 aromatic carbocycles.